The molecule has 10 aliphatic heterocycles. The first-order valence-electron chi connectivity index (χ1n) is 51.0. The Bertz CT molecular complexity index is 3960. The highest BCUT2D eigenvalue weighted by atomic mass is 32.2. The van der Waals surface area contributed by atoms with E-state index in [9.17, 15) is 14.7 Å². The maximum absolute atomic E-state index is 13.4. The summed E-state index contributed by atoms with van der Waals surface area (Å²) in [5.41, 5.74) is 12.2. The van der Waals surface area contributed by atoms with E-state index in [0.29, 0.717) is 38.4 Å². The highest BCUT2D eigenvalue weighted by Crippen LogP contribution is 2.43. The Labute approximate surface area is 791 Å². The van der Waals surface area contributed by atoms with Gasteiger partial charge in [-0.1, -0.05) is 79.9 Å². The molecule has 10 heterocycles. The molecule has 130 heavy (non-hydrogen) atoms. The van der Waals surface area contributed by atoms with Crippen LogP contribution in [0.1, 0.15) is 214 Å². The molecule has 722 valence electrons. The van der Waals surface area contributed by atoms with Gasteiger partial charge in [0.05, 0.1) is 36.8 Å². The number of nitrogens with two attached hydrogens (primary N) is 1. The molecule has 0 aromatic heterocycles. The van der Waals surface area contributed by atoms with Crippen molar-refractivity contribution in [3.63, 3.8) is 0 Å². The van der Waals surface area contributed by atoms with Gasteiger partial charge >= 0.3 is 0 Å². The van der Waals surface area contributed by atoms with Crippen LogP contribution in [-0.4, -0.2) is 313 Å². The summed E-state index contributed by atoms with van der Waals surface area (Å²) in [5, 5.41) is 16.1. The summed E-state index contributed by atoms with van der Waals surface area (Å²) in [6, 6.07) is 44.0. The van der Waals surface area contributed by atoms with Crippen molar-refractivity contribution in [3.8, 4) is 17.2 Å². The second-order valence-corrected chi connectivity index (χ2v) is 42.4. The average molecular weight is 1830 g/mol. The quantitative estimate of drug-likeness (QED) is 0.0214. The third-order valence-electron chi connectivity index (χ3n) is 30.0. The van der Waals surface area contributed by atoms with Crippen molar-refractivity contribution in [2.45, 2.75) is 235 Å². The number of β-amino-alcohol motifs (C(OH)–C–C–N with tert-alkyl or cyclic N) is 1. The van der Waals surface area contributed by atoms with Gasteiger partial charge in [-0.2, -0.15) is 0 Å². The summed E-state index contributed by atoms with van der Waals surface area (Å²) in [5.74, 6) is 6.19. The van der Waals surface area contributed by atoms with Gasteiger partial charge in [-0.3, -0.25) is 9.59 Å². The topological polar surface area (TPSA) is 201 Å². The van der Waals surface area contributed by atoms with Gasteiger partial charge in [0.25, 0.3) is 0 Å². The Kier molecular flexibility index (Phi) is 42.3. The Balaban J connectivity index is 0.000000139. The largest absolute Gasteiger partial charge is 0.494 e. The van der Waals surface area contributed by atoms with E-state index in [1.165, 1.54) is 187 Å². The maximum Gasteiger partial charge on any atom is 0.231 e. The monoisotopic (exact) mass is 1830 g/mol. The van der Waals surface area contributed by atoms with E-state index in [0.717, 1.165) is 249 Å². The second kappa shape index (κ2) is 53.9. The standard InChI is InChI=1S/C25H38N2O3.C23H34N2O3.C21H34N2O3.C20H32N2OS.C18H28N2OS/c28-24(26-22-7-2-1-3-8-22)25(13-19-29-20-14-25)21-9-11-23(12-10-21)30-18-6-17-27-15-4-5-16-27;26-22(24-18-19-4-5-19)23(10-16-27-17-11-23)20-6-8-21(9-7-20)28-15-3-14-25-12-1-2-13-25;1-22(2)17-21(9-14-25-15-10-21)18-4-6-20(7-5-18)26-13-3-11-23-12-8-19(24)16-23;1-21(2)17-20(9-14-23-15-10-20)18-5-7-19(8-6-18)24-16-13-22-11-3-4-12-22;19-15-18(7-12-21-13-8-18)16-3-5-17(6-4-16)22-14-11-20-9-1-2-10-20/h9-12,22H,1-8,13-20H2,(H,26,28);6-9,19H,1-5,10-18H2,(H,24,26);4-7,19,24H,3,8-17H2,1-2H3;5-8H,3-4,9-17H2,1-2H3;3-6H,1-2,7-15,19H2. The third-order valence-corrected chi connectivity index (χ3v) is 32.0. The van der Waals surface area contributed by atoms with Gasteiger partial charge in [-0.05, 0) is 342 Å². The molecule has 12 fully saturated rings. The fourth-order valence-electron chi connectivity index (χ4n) is 21.7. The fraction of sp³-hybridized carbons (Fsp3) is 0.701. The van der Waals surface area contributed by atoms with Gasteiger partial charge in [-0.25, -0.2) is 0 Å². The number of carbonyl (C=O) groups is 2. The summed E-state index contributed by atoms with van der Waals surface area (Å²) in [6.45, 7) is 31.3. The minimum absolute atomic E-state index is 0.136. The molecule has 23 heteroatoms. The first kappa shape index (κ1) is 102. The number of amides is 2. The molecule has 10 saturated heterocycles. The molecule has 0 bridgehead atoms. The summed E-state index contributed by atoms with van der Waals surface area (Å²) >= 11 is 3.97. The number of hydrogen-bond donors (Lipinski definition) is 4. The van der Waals surface area contributed by atoms with Gasteiger partial charge in [0.15, 0.2) is 0 Å². The van der Waals surface area contributed by atoms with Crippen molar-refractivity contribution in [1.82, 2.24) is 44.9 Å². The average Bonchev–Trinajstić information content (AvgIpc) is 0.903. The minimum Gasteiger partial charge on any atom is -0.494 e. The number of likely N-dealkylation sites (tertiary alicyclic amines) is 5. The number of nitrogens with one attached hydrogen (secondary N) is 2. The molecular formula is C107H166N10O11S2. The smallest absolute Gasteiger partial charge is 0.231 e. The lowest BCUT2D eigenvalue weighted by Gasteiger charge is -2.40. The Morgan fingerprint density at radius 1 is 0.392 bits per heavy atom. The predicted molar refractivity (Wildman–Crippen MR) is 529 cm³/mol. The number of benzene rings is 5. The molecule has 17 rings (SSSR count). The fourth-order valence-corrected chi connectivity index (χ4v) is 23.6. The highest BCUT2D eigenvalue weighted by molar-refractivity contribution is 7.99. The van der Waals surface area contributed by atoms with Gasteiger partial charge in [0, 0.05) is 182 Å². The van der Waals surface area contributed by atoms with E-state index in [1.807, 2.05) is 47.8 Å². The van der Waals surface area contributed by atoms with E-state index in [4.69, 9.17) is 43.6 Å². The van der Waals surface area contributed by atoms with E-state index >= 15 is 0 Å². The van der Waals surface area contributed by atoms with Crippen molar-refractivity contribution in [2.75, 3.05) is 250 Å². The van der Waals surface area contributed by atoms with Crippen LogP contribution in [0.2, 0.25) is 0 Å². The van der Waals surface area contributed by atoms with Crippen molar-refractivity contribution in [3.05, 3.63) is 149 Å². The lowest BCUT2D eigenvalue weighted by Crippen LogP contribution is -2.51. The van der Waals surface area contributed by atoms with Crippen molar-refractivity contribution in [1.29, 1.82) is 0 Å². The number of hydrogen-bond acceptors (Lipinski definition) is 21. The second-order valence-electron chi connectivity index (χ2n) is 40.1. The highest BCUT2D eigenvalue weighted by Gasteiger charge is 2.45. The van der Waals surface area contributed by atoms with Crippen LogP contribution in [0.4, 0.5) is 0 Å². The van der Waals surface area contributed by atoms with Gasteiger partial charge < -0.3 is 93.7 Å². The molecule has 1 unspecified atom stereocenters. The molecule has 1 atom stereocenters. The van der Waals surface area contributed by atoms with Crippen LogP contribution in [0.25, 0.3) is 0 Å². The maximum atomic E-state index is 13.4. The number of aliphatic hydroxyl groups is 1. The lowest BCUT2D eigenvalue weighted by molar-refractivity contribution is -0.131. The molecule has 2 amide bonds. The molecule has 2 aliphatic carbocycles. The number of rotatable bonds is 38. The Hall–Kier alpha value is -5.42. The van der Waals surface area contributed by atoms with Crippen molar-refractivity contribution < 1.29 is 52.6 Å². The summed E-state index contributed by atoms with van der Waals surface area (Å²) < 4.78 is 45.7. The normalized spacial score (nSPS) is 22.4. The molecule has 0 spiro atoms. The zero-order valence-corrected chi connectivity index (χ0v) is 82.0. The van der Waals surface area contributed by atoms with E-state index in [-0.39, 0.29) is 34.2 Å². The zero-order chi connectivity index (χ0) is 90.4. The molecule has 5 aromatic carbocycles. The Morgan fingerprint density at radius 2 is 0.723 bits per heavy atom. The molecule has 2 saturated carbocycles. The first-order chi connectivity index (χ1) is 63.6. The van der Waals surface area contributed by atoms with Gasteiger partial charge in [0.2, 0.25) is 11.8 Å². The van der Waals surface area contributed by atoms with Crippen LogP contribution in [0.15, 0.2) is 131 Å². The number of carbonyl (C=O) groups excluding carboxylic acids is 2. The van der Waals surface area contributed by atoms with Crippen molar-refractivity contribution >= 4 is 35.3 Å². The van der Waals surface area contributed by atoms with Crippen LogP contribution >= 0.6 is 23.5 Å². The number of likely N-dealkylation sites (N-methyl/N-ethyl adjacent to an activating group) is 2. The lowest BCUT2D eigenvalue weighted by atomic mass is 9.73. The molecular weight excluding hydrogens is 1670 g/mol. The van der Waals surface area contributed by atoms with Crippen LogP contribution in [0.5, 0.6) is 17.2 Å². The van der Waals surface area contributed by atoms with Gasteiger partial charge in [0.1, 0.15) is 17.2 Å². The van der Waals surface area contributed by atoms with E-state index in [1.54, 1.807) is 0 Å². The number of aliphatic hydroxyl groups excluding tert-OH is 1. The minimum atomic E-state index is -0.468. The summed E-state index contributed by atoms with van der Waals surface area (Å²) in [6.07, 6.45) is 32.8. The number of ether oxygens (including phenoxy) is 8. The predicted octanol–water partition coefficient (Wildman–Crippen LogP) is 15.7. The van der Waals surface area contributed by atoms with Crippen LogP contribution in [0.3, 0.4) is 0 Å². The van der Waals surface area contributed by atoms with E-state index in [2.05, 4.69) is 170 Å². The first-order valence-corrected chi connectivity index (χ1v) is 53.0. The van der Waals surface area contributed by atoms with E-state index < -0.39 is 10.8 Å². The molecule has 5 aromatic rings. The molecule has 5 N–H and O–H groups in total. The van der Waals surface area contributed by atoms with Crippen LogP contribution in [0, 0.1) is 5.92 Å². The summed E-state index contributed by atoms with van der Waals surface area (Å²) in [7, 11) is 8.65. The summed E-state index contributed by atoms with van der Waals surface area (Å²) in [4.78, 5) is 46.4. The molecule has 12 aliphatic rings. The SMILES string of the molecule is CN(C)CC1(c2ccc(OCCCN3CCC(O)C3)cc2)CCOCC1.CN(C)CC1(c2ccc(SCCN3CCCC3)cc2)CCOCC1.NCC1(c2ccc(SCCN3CCCC3)cc2)CCOCC1.O=C(NC1CCCCC1)C1(c2ccc(OCCCN3CCCC3)cc2)CCOCC1.O=C(NCC1CC1)C1(c2ccc(OCCCN3CCCC3)cc2)CCOCC1. The number of nitrogens with zero attached hydrogens (tertiary/aromatic N) is 7. The van der Waals surface area contributed by atoms with Crippen LogP contribution in [-0.2, 0) is 60.3 Å². The van der Waals surface area contributed by atoms with Crippen molar-refractivity contribution in [2.24, 2.45) is 11.7 Å². The zero-order valence-electron chi connectivity index (χ0n) is 80.4. The molecule has 0 radical (unpaired) electrons. The van der Waals surface area contributed by atoms with Gasteiger partial charge in [-0.15, -0.1) is 23.5 Å². The van der Waals surface area contributed by atoms with Crippen LogP contribution < -0.4 is 30.6 Å². The third kappa shape index (κ3) is 31.6. The molecule has 21 nitrogen and oxygen atoms in total. The number of thioether (sulfide) groups is 2. The Morgan fingerprint density at radius 3 is 1.08 bits per heavy atom.